The van der Waals surface area contributed by atoms with Gasteiger partial charge in [-0.2, -0.15) is 0 Å². The molecule has 1 heterocycles. The fraction of sp³-hybridized carbons (Fsp3) is 0.357. The molecule has 2 N–H and O–H groups in total. The van der Waals surface area contributed by atoms with Gasteiger partial charge in [-0.15, -0.1) is 0 Å². The van der Waals surface area contributed by atoms with E-state index in [2.05, 4.69) is 10.3 Å². The molecule has 2 aromatic rings. The first-order chi connectivity index (χ1) is 8.34. The van der Waals surface area contributed by atoms with Gasteiger partial charge in [-0.05, 0) is 30.5 Å². The zero-order valence-electron chi connectivity index (χ0n) is 9.63. The molecule has 1 aliphatic carbocycles. The number of pyridine rings is 1. The van der Waals surface area contributed by atoms with Crippen LogP contribution in [0.3, 0.4) is 0 Å². The zero-order chi connectivity index (χ0) is 11.7. The van der Waals surface area contributed by atoms with Crippen LogP contribution in [-0.2, 0) is 0 Å². The molecule has 0 spiro atoms. The molecule has 1 saturated carbocycles. The van der Waals surface area contributed by atoms with Crippen molar-refractivity contribution in [1.29, 1.82) is 0 Å². The minimum atomic E-state index is -0.455. The van der Waals surface area contributed by atoms with E-state index in [1.165, 1.54) is 12.8 Å². The SMILES string of the molecule is OC(CNC1CC1)c1cccc2ncccc12. The molecular formula is C14H16N2O. The summed E-state index contributed by atoms with van der Waals surface area (Å²) in [5.74, 6) is 0. The Labute approximate surface area is 100 Å². The van der Waals surface area contributed by atoms with Crippen LogP contribution >= 0.6 is 0 Å². The third-order valence-corrected chi connectivity index (χ3v) is 3.22. The number of fused-ring (bicyclic) bond motifs is 1. The Hall–Kier alpha value is -1.45. The number of aromatic nitrogens is 1. The lowest BCUT2D eigenvalue weighted by molar-refractivity contribution is 0.175. The minimum Gasteiger partial charge on any atom is -0.387 e. The van der Waals surface area contributed by atoms with Gasteiger partial charge >= 0.3 is 0 Å². The Morgan fingerprint density at radius 1 is 1.29 bits per heavy atom. The third-order valence-electron chi connectivity index (χ3n) is 3.22. The number of nitrogens with one attached hydrogen (secondary N) is 1. The Morgan fingerprint density at radius 3 is 3.00 bits per heavy atom. The molecule has 17 heavy (non-hydrogen) atoms. The standard InChI is InChI=1S/C14H16N2O/c17-14(9-16-10-6-7-10)12-3-1-5-13-11(12)4-2-8-15-13/h1-5,8,10,14,16-17H,6-7,9H2. The lowest BCUT2D eigenvalue weighted by atomic mass is 10.0. The average molecular weight is 228 g/mol. The fourth-order valence-electron chi connectivity index (χ4n) is 2.09. The van der Waals surface area contributed by atoms with Gasteiger partial charge in [-0.25, -0.2) is 0 Å². The highest BCUT2D eigenvalue weighted by Gasteiger charge is 2.22. The summed E-state index contributed by atoms with van der Waals surface area (Å²) in [6.45, 7) is 0.624. The predicted octanol–water partition coefficient (Wildman–Crippen LogP) is 2.02. The summed E-state index contributed by atoms with van der Waals surface area (Å²) in [4.78, 5) is 4.30. The van der Waals surface area contributed by atoms with Gasteiger partial charge in [0.15, 0.2) is 0 Å². The molecule has 0 saturated heterocycles. The molecule has 3 rings (SSSR count). The van der Waals surface area contributed by atoms with Gasteiger partial charge in [0.05, 0.1) is 11.6 Å². The van der Waals surface area contributed by atoms with E-state index in [-0.39, 0.29) is 0 Å². The molecule has 0 aliphatic heterocycles. The van der Waals surface area contributed by atoms with Crippen molar-refractivity contribution in [3.8, 4) is 0 Å². The van der Waals surface area contributed by atoms with Crippen LogP contribution in [0.4, 0.5) is 0 Å². The highest BCUT2D eigenvalue weighted by molar-refractivity contribution is 5.82. The monoisotopic (exact) mass is 228 g/mol. The molecular weight excluding hydrogens is 212 g/mol. The van der Waals surface area contributed by atoms with E-state index in [9.17, 15) is 5.11 Å². The number of aliphatic hydroxyl groups is 1. The molecule has 0 bridgehead atoms. The predicted molar refractivity (Wildman–Crippen MR) is 67.7 cm³/mol. The molecule has 3 nitrogen and oxygen atoms in total. The van der Waals surface area contributed by atoms with E-state index in [0.29, 0.717) is 12.6 Å². The summed E-state index contributed by atoms with van der Waals surface area (Å²) in [7, 11) is 0. The van der Waals surface area contributed by atoms with E-state index in [0.717, 1.165) is 16.5 Å². The first kappa shape index (κ1) is 10.7. The largest absolute Gasteiger partial charge is 0.387 e. The molecule has 1 fully saturated rings. The second-order valence-corrected chi connectivity index (χ2v) is 4.62. The maximum absolute atomic E-state index is 10.2. The minimum absolute atomic E-state index is 0.455. The van der Waals surface area contributed by atoms with E-state index < -0.39 is 6.10 Å². The van der Waals surface area contributed by atoms with Crippen LogP contribution in [0.15, 0.2) is 36.5 Å². The van der Waals surface area contributed by atoms with Gasteiger partial charge in [0, 0.05) is 24.2 Å². The van der Waals surface area contributed by atoms with Crippen molar-refractivity contribution in [2.45, 2.75) is 25.0 Å². The van der Waals surface area contributed by atoms with E-state index in [1.807, 2.05) is 30.3 Å². The normalized spacial score (nSPS) is 17.2. The number of aliphatic hydroxyl groups excluding tert-OH is 1. The van der Waals surface area contributed by atoms with Crippen LogP contribution in [0, 0.1) is 0 Å². The highest BCUT2D eigenvalue weighted by Crippen LogP contribution is 2.24. The van der Waals surface area contributed by atoms with Crippen molar-refractivity contribution in [3.05, 3.63) is 42.1 Å². The van der Waals surface area contributed by atoms with Crippen LogP contribution in [0.2, 0.25) is 0 Å². The van der Waals surface area contributed by atoms with Gasteiger partial charge < -0.3 is 10.4 Å². The Morgan fingerprint density at radius 2 is 2.18 bits per heavy atom. The number of hydrogen-bond donors (Lipinski definition) is 2. The maximum atomic E-state index is 10.2. The van der Waals surface area contributed by atoms with Gasteiger partial charge in [-0.1, -0.05) is 18.2 Å². The van der Waals surface area contributed by atoms with Crippen LogP contribution < -0.4 is 5.32 Å². The highest BCUT2D eigenvalue weighted by atomic mass is 16.3. The topological polar surface area (TPSA) is 45.1 Å². The number of rotatable bonds is 4. The van der Waals surface area contributed by atoms with E-state index in [4.69, 9.17) is 0 Å². The molecule has 0 amide bonds. The molecule has 1 atom stereocenters. The molecule has 0 radical (unpaired) electrons. The zero-order valence-corrected chi connectivity index (χ0v) is 9.63. The summed E-state index contributed by atoms with van der Waals surface area (Å²) in [6.07, 6.45) is 3.80. The maximum Gasteiger partial charge on any atom is 0.0921 e. The summed E-state index contributed by atoms with van der Waals surface area (Å²) in [5, 5.41) is 14.6. The fourth-order valence-corrected chi connectivity index (χ4v) is 2.09. The van der Waals surface area contributed by atoms with Gasteiger partial charge in [0.1, 0.15) is 0 Å². The summed E-state index contributed by atoms with van der Waals surface area (Å²) in [6, 6.07) is 10.4. The number of nitrogens with zero attached hydrogens (tertiary/aromatic N) is 1. The van der Waals surface area contributed by atoms with Gasteiger partial charge in [0.2, 0.25) is 0 Å². The van der Waals surface area contributed by atoms with Crippen molar-refractivity contribution >= 4 is 10.9 Å². The molecule has 1 aromatic heterocycles. The molecule has 1 aliphatic rings. The summed E-state index contributed by atoms with van der Waals surface area (Å²) < 4.78 is 0. The lowest BCUT2D eigenvalue weighted by Gasteiger charge is -2.14. The van der Waals surface area contributed by atoms with Crippen molar-refractivity contribution < 1.29 is 5.11 Å². The second kappa shape index (κ2) is 4.43. The van der Waals surface area contributed by atoms with Crippen LogP contribution in [0.25, 0.3) is 10.9 Å². The van der Waals surface area contributed by atoms with E-state index >= 15 is 0 Å². The first-order valence-electron chi connectivity index (χ1n) is 6.10. The molecule has 1 aromatic carbocycles. The van der Waals surface area contributed by atoms with Crippen molar-refractivity contribution in [1.82, 2.24) is 10.3 Å². The average Bonchev–Trinajstić information content (AvgIpc) is 3.19. The Bertz CT molecular complexity index is 517. The molecule has 1 unspecified atom stereocenters. The third kappa shape index (κ3) is 2.30. The van der Waals surface area contributed by atoms with Crippen LogP contribution in [0.1, 0.15) is 24.5 Å². The van der Waals surface area contributed by atoms with Gasteiger partial charge in [0.25, 0.3) is 0 Å². The van der Waals surface area contributed by atoms with Crippen LogP contribution in [-0.4, -0.2) is 22.7 Å². The summed E-state index contributed by atoms with van der Waals surface area (Å²) in [5.41, 5.74) is 1.90. The van der Waals surface area contributed by atoms with Crippen LogP contribution in [0.5, 0.6) is 0 Å². The summed E-state index contributed by atoms with van der Waals surface area (Å²) >= 11 is 0. The second-order valence-electron chi connectivity index (χ2n) is 4.62. The van der Waals surface area contributed by atoms with Crippen molar-refractivity contribution in [2.24, 2.45) is 0 Å². The molecule has 3 heteroatoms. The smallest absolute Gasteiger partial charge is 0.0921 e. The molecule has 88 valence electrons. The number of hydrogen-bond acceptors (Lipinski definition) is 3. The van der Waals surface area contributed by atoms with Gasteiger partial charge in [-0.3, -0.25) is 4.98 Å². The quantitative estimate of drug-likeness (QED) is 0.841. The Kier molecular flexibility index (Phi) is 2.79. The number of benzene rings is 1. The first-order valence-corrected chi connectivity index (χ1v) is 6.10. The Balaban J connectivity index is 1.87. The lowest BCUT2D eigenvalue weighted by Crippen LogP contribution is -2.23. The van der Waals surface area contributed by atoms with E-state index in [1.54, 1.807) is 6.20 Å². The van der Waals surface area contributed by atoms with Crippen molar-refractivity contribution in [3.63, 3.8) is 0 Å². The van der Waals surface area contributed by atoms with Crippen molar-refractivity contribution in [2.75, 3.05) is 6.54 Å².